The molecule has 17 heavy (non-hydrogen) atoms. The number of hydrogen-bond donors (Lipinski definition) is 1. The Balaban J connectivity index is 2.11. The van der Waals surface area contributed by atoms with Gasteiger partial charge in [0.25, 0.3) is 0 Å². The second-order valence-electron chi connectivity index (χ2n) is 5.62. The molecule has 0 aliphatic carbocycles. The third kappa shape index (κ3) is 3.01. The van der Waals surface area contributed by atoms with Crippen molar-refractivity contribution in [2.75, 3.05) is 18.0 Å². The maximum Gasteiger partial charge on any atom is 0.0761 e. The summed E-state index contributed by atoms with van der Waals surface area (Å²) in [5, 5.41) is 9.50. The second-order valence-corrected chi connectivity index (χ2v) is 5.62. The fraction of sp³-hybridized carbons (Fsp3) is 0.600. The Morgan fingerprint density at radius 1 is 1.12 bits per heavy atom. The molecule has 1 fully saturated rings. The lowest BCUT2D eigenvalue weighted by atomic mass is 9.91. The van der Waals surface area contributed by atoms with Gasteiger partial charge in [-0.15, -0.1) is 0 Å². The van der Waals surface area contributed by atoms with Crippen molar-refractivity contribution in [1.29, 1.82) is 0 Å². The van der Waals surface area contributed by atoms with Crippen LogP contribution in [0.5, 0.6) is 0 Å². The second kappa shape index (κ2) is 5.09. The van der Waals surface area contributed by atoms with Crippen LogP contribution in [0.15, 0.2) is 24.3 Å². The number of anilines is 1. The van der Waals surface area contributed by atoms with Crippen LogP contribution in [0.4, 0.5) is 5.69 Å². The summed E-state index contributed by atoms with van der Waals surface area (Å²) in [6.45, 7) is 8.76. The van der Waals surface area contributed by atoms with Crippen molar-refractivity contribution in [3.8, 4) is 0 Å². The normalized spacial score (nSPS) is 26.9. The minimum Gasteiger partial charge on any atom is -0.389 e. The predicted octanol–water partition coefficient (Wildman–Crippen LogP) is 3.22. The van der Waals surface area contributed by atoms with E-state index in [0.29, 0.717) is 0 Å². The van der Waals surface area contributed by atoms with Gasteiger partial charge in [0, 0.05) is 18.8 Å². The molecule has 2 unspecified atom stereocenters. The fourth-order valence-electron chi connectivity index (χ4n) is 2.84. The summed E-state index contributed by atoms with van der Waals surface area (Å²) < 4.78 is 0. The molecule has 1 aromatic rings. The predicted molar refractivity (Wildman–Crippen MR) is 72.2 cm³/mol. The summed E-state index contributed by atoms with van der Waals surface area (Å²) in [7, 11) is 0. The minimum atomic E-state index is -0.372. The van der Waals surface area contributed by atoms with Crippen LogP contribution in [0.25, 0.3) is 0 Å². The van der Waals surface area contributed by atoms with Crippen LogP contribution < -0.4 is 4.90 Å². The molecular weight excluding hydrogens is 210 g/mol. The van der Waals surface area contributed by atoms with Gasteiger partial charge < -0.3 is 10.0 Å². The van der Waals surface area contributed by atoms with Crippen molar-refractivity contribution in [2.45, 2.75) is 33.3 Å². The largest absolute Gasteiger partial charge is 0.389 e. The zero-order chi connectivity index (χ0) is 12.4. The molecule has 1 N–H and O–H groups in total. The first kappa shape index (κ1) is 12.4. The highest BCUT2D eigenvalue weighted by Crippen LogP contribution is 2.27. The summed E-state index contributed by atoms with van der Waals surface area (Å²) in [5.74, 6) is 1.55. The lowest BCUT2D eigenvalue weighted by Gasteiger charge is -2.36. The van der Waals surface area contributed by atoms with E-state index >= 15 is 0 Å². The number of aliphatic hydroxyl groups is 1. The van der Waals surface area contributed by atoms with Crippen molar-refractivity contribution >= 4 is 5.69 Å². The molecule has 1 aliphatic heterocycles. The van der Waals surface area contributed by atoms with E-state index in [1.54, 1.807) is 6.92 Å². The maximum absolute atomic E-state index is 9.50. The lowest BCUT2D eigenvalue weighted by molar-refractivity contribution is 0.199. The smallest absolute Gasteiger partial charge is 0.0761 e. The quantitative estimate of drug-likeness (QED) is 0.847. The number of nitrogens with zero attached hydrogens (tertiary/aromatic N) is 1. The topological polar surface area (TPSA) is 23.5 Å². The van der Waals surface area contributed by atoms with Gasteiger partial charge >= 0.3 is 0 Å². The van der Waals surface area contributed by atoms with Crippen LogP contribution in [0.3, 0.4) is 0 Å². The van der Waals surface area contributed by atoms with Crippen LogP contribution >= 0.6 is 0 Å². The van der Waals surface area contributed by atoms with Gasteiger partial charge in [-0.25, -0.2) is 0 Å². The van der Waals surface area contributed by atoms with Gasteiger partial charge in [-0.1, -0.05) is 26.0 Å². The molecule has 0 bridgehead atoms. The van der Waals surface area contributed by atoms with E-state index in [1.807, 2.05) is 12.1 Å². The van der Waals surface area contributed by atoms with Crippen LogP contribution in [-0.2, 0) is 0 Å². The Labute approximate surface area is 104 Å². The van der Waals surface area contributed by atoms with Crippen LogP contribution in [-0.4, -0.2) is 18.2 Å². The molecule has 3 atom stereocenters. The Bertz CT molecular complexity index is 348. The van der Waals surface area contributed by atoms with Crippen molar-refractivity contribution in [2.24, 2.45) is 11.8 Å². The molecule has 94 valence electrons. The Morgan fingerprint density at radius 2 is 1.65 bits per heavy atom. The average molecular weight is 233 g/mol. The van der Waals surface area contributed by atoms with Gasteiger partial charge in [0.2, 0.25) is 0 Å². The van der Waals surface area contributed by atoms with E-state index < -0.39 is 0 Å². The lowest BCUT2D eigenvalue weighted by Crippen LogP contribution is -2.38. The molecular formula is C15H23NO. The molecule has 1 heterocycles. The molecule has 0 saturated carbocycles. The Morgan fingerprint density at radius 3 is 2.12 bits per heavy atom. The molecule has 2 nitrogen and oxygen atoms in total. The summed E-state index contributed by atoms with van der Waals surface area (Å²) >= 11 is 0. The van der Waals surface area contributed by atoms with E-state index in [4.69, 9.17) is 0 Å². The van der Waals surface area contributed by atoms with E-state index in [9.17, 15) is 5.11 Å². The summed E-state index contributed by atoms with van der Waals surface area (Å²) in [6.07, 6.45) is 0.964. The standard InChI is InChI=1S/C15H23NO/c1-11-8-12(2)10-16(9-11)15-6-4-14(5-7-15)13(3)17/h4-7,11-13,17H,8-10H2,1-3H3/t11?,12?,13-/m1/s1. The first-order valence-electron chi connectivity index (χ1n) is 6.59. The average Bonchev–Trinajstić information content (AvgIpc) is 2.28. The molecule has 2 heteroatoms. The highest BCUT2D eigenvalue weighted by atomic mass is 16.3. The molecule has 1 aliphatic rings. The van der Waals surface area contributed by atoms with Crippen molar-refractivity contribution in [3.63, 3.8) is 0 Å². The number of aliphatic hydroxyl groups excluding tert-OH is 1. The zero-order valence-corrected chi connectivity index (χ0v) is 11.1. The number of piperidine rings is 1. The molecule has 2 rings (SSSR count). The van der Waals surface area contributed by atoms with Gasteiger partial charge in [-0.3, -0.25) is 0 Å². The summed E-state index contributed by atoms with van der Waals surface area (Å²) in [4.78, 5) is 2.46. The van der Waals surface area contributed by atoms with Gasteiger partial charge in [0.05, 0.1) is 6.10 Å². The first-order valence-corrected chi connectivity index (χ1v) is 6.59. The molecule has 0 radical (unpaired) electrons. The van der Waals surface area contributed by atoms with Crippen LogP contribution in [0.2, 0.25) is 0 Å². The summed E-state index contributed by atoms with van der Waals surface area (Å²) in [6, 6.07) is 8.33. The van der Waals surface area contributed by atoms with Gasteiger partial charge in [-0.2, -0.15) is 0 Å². The van der Waals surface area contributed by atoms with Crippen molar-refractivity contribution in [3.05, 3.63) is 29.8 Å². The van der Waals surface area contributed by atoms with Gasteiger partial charge in [0.15, 0.2) is 0 Å². The molecule has 1 aromatic carbocycles. The van der Waals surface area contributed by atoms with Crippen LogP contribution in [0, 0.1) is 11.8 Å². The van der Waals surface area contributed by atoms with E-state index in [1.165, 1.54) is 12.1 Å². The first-order chi connectivity index (χ1) is 8.06. The number of rotatable bonds is 2. The number of hydrogen-bond acceptors (Lipinski definition) is 2. The fourth-order valence-corrected chi connectivity index (χ4v) is 2.84. The zero-order valence-electron chi connectivity index (χ0n) is 11.1. The third-order valence-corrected chi connectivity index (χ3v) is 3.61. The van der Waals surface area contributed by atoms with Crippen molar-refractivity contribution in [1.82, 2.24) is 0 Å². The van der Waals surface area contributed by atoms with E-state index in [-0.39, 0.29) is 6.10 Å². The molecule has 0 amide bonds. The highest BCUT2D eigenvalue weighted by Gasteiger charge is 2.21. The van der Waals surface area contributed by atoms with Gasteiger partial charge in [-0.05, 0) is 42.9 Å². The maximum atomic E-state index is 9.50. The molecule has 0 spiro atoms. The monoisotopic (exact) mass is 233 g/mol. The van der Waals surface area contributed by atoms with Crippen molar-refractivity contribution < 1.29 is 5.11 Å². The number of benzene rings is 1. The third-order valence-electron chi connectivity index (χ3n) is 3.61. The Hall–Kier alpha value is -1.02. The van der Waals surface area contributed by atoms with Gasteiger partial charge in [0.1, 0.15) is 0 Å². The minimum absolute atomic E-state index is 0.372. The van der Waals surface area contributed by atoms with Crippen LogP contribution in [0.1, 0.15) is 38.9 Å². The summed E-state index contributed by atoms with van der Waals surface area (Å²) in [5.41, 5.74) is 2.28. The molecule has 1 saturated heterocycles. The molecule has 0 aromatic heterocycles. The van der Waals surface area contributed by atoms with E-state index in [2.05, 4.69) is 30.9 Å². The SMILES string of the molecule is CC1CC(C)CN(c2ccc([C@@H](C)O)cc2)C1. The highest BCUT2D eigenvalue weighted by molar-refractivity contribution is 5.48. The Kier molecular flexibility index (Phi) is 3.72. The van der Waals surface area contributed by atoms with E-state index in [0.717, 1.165) is 30.5 Å².